The molecule has 1 saturated carbocycles. The van der Waals surface area contributed by atoms with Crippen molar-refractivity contribution in [2.75, 3.05) is 13.2 Å². The van der Waals surface area contributed by atoms with Gasteiger partial charge in [0, 0.05) is 18.6 Å². The van der Waals surface area contributed by atoms with Crippen LogP contribution in [-0.2, 0) is 9.53 Å². The van der Waals surface area contributed by atoms with Crippen LogP contribution in [0.15, 0.2) is 0 Å². The summed E-state index contributed by atoms with van der Waals surface area (Å²) in [7, 11) is 0. The Hall–Kier alpha value is -1.30. The molecular weight excluding hydrogens is 308 g/mol. The fourth-order valence-corrected chi connectivity index (χ4v) is 3.54. The number of hydrogen-bond acceptors (Lipinski definition) is 4. The van der Waals surface area contributed by atoms with Crippen LogP contribution < -0.4 is 5.32 Å². The number of carboxylic acid groups (broad SMARTS) is 1. The van der Waals surface area contributed by atoms with Gasteiger partial charge in [0.2, 0.25) is 0 Å². The molecule has 2 N–H and O–H groups in total. The van der Waals surface area contributed by atoms with E-state index in [1.54, 1.807) is 0 Å². The maximum absolute atomic E-state index is 12.3. The predicted octanol–water partition coefficient (Wildman–Crippen LogP) is 2.86. The maximum Gasteiger partial charge on any atom is 0.408 e. The summed E-state index contributed by atoms with van der Waals surface area (Å²) in [5.74, 6) is 0.358. The average Bonchev–Trinajstić information content (AvgIpc) is 2.90. The number of likely N-dealkylation sites (tertiary alicyclic amines) is 1. The van der Waals surface area contributed by atoms with Crippen molar-refractivity contribution in [1.29, 1.82) is 0 Å². The molecule has 0 aromatic carbocycles. The molecule has 24 heavy (non-hydrogen) atoms. The molecule has 0 spiro atoms. The molecule has 138 valence electrons. The van der Waals surface area contributed by atoms with Gasteiger partial charge >= 0.3 is 12.1 Å². The zero-order valence-electron chi connectivity index (χ0n) is 15.4. The first-order valence-electron chi connectivity index (χ1n) is 9.08. The van der Waals surface area contributed by atoms with Crippen LogP contribution in [0.5, 0.6) is 0 Å². The van der Waals surface area contributed by atoms with Crippen LogP contribution in [-0.4, -0.2) is 53.3 Å². The monoisotopic (exact) mass is 340 g/mol. The molecule has 6 nitrogen and oxygen atoms in total. The number of rotatable bonds is 4. The quantitative estimate of drug-likeness (QED) is 0.769. The Morgan fingerprint density at radius 2 is 1.79 bits per heavy atom. The second-order valence-corrected chi connectivity index (χ2v) is 8.68. The average molecular weight is 340 g/mol. The third-order valence-corrected chi connectivity index (χ3v) is 4.95. The van der Waals surface area contributed by atoms with E-state index in [0.717, 1.165) is 18.8 Å². The van der Waals surface area contributed by atoms with Gasteiger partial charge in [0.25, 0.3) is 0 Å². The van der Waals surface area contributed by atoms with Gasteiger partial charge in [0.1, 0.15) is 6.04 Å². The molecule has 1 amide bonds. The van der Waals surface area contributed by atoms with Gasteiger partial charge in [-0.25, -0.2) is 9.59 Å². The largest absolute Gasteiger partial charge is 0.465 e. The Balaban J connectivity index is 1.90. The number of esters is 1. The second kappa shape index (κ2) is 7.72. The molecular formula is C18H32N2O4. The smallest absolute Gasteiger partial charge is 0.408 e. The van der Waals surface area contributed by atoms with Gasteiger partial charge < -0.3 is 15.2 Å². The highest BCUT2D eigenvalue weighted by atomic mass is 16.5. The summed E-state index contributed by atoms with van der Waals surface area (Å²) in [6, 6.07) is -0.220. The molecule has 0 aromatic rings. The summed E-state index contributed by atoms with van der Waals surface area (Å²) in [5, 5.41) is 13.0. The first kappa shape index (κ1) is 19.0. The summed E-state index contributed by atoms with van der Waals surface area (Å²) in [5.41, 5.74) is -0.126. The first-order valence-corrected chi connectivity index (χ1v) is 9.08. The van der Waals surface area contributed by atoms with Gasteiger partial charge in [-0.1, -0.05) is 27.7 Å². The lowest BCUT2D eigenvalue weighted by Crippen LogP contribution is -2.43. The fraction of sp³-hybridized carbons (Fsp3) is 0.889. The van der Waals surface area contributed by atoms with Crippen molar-refractivity contribution in [2.45, 2.75) is 77.9 Å². The third kappa shape index (κ3) is 5.36. The van der Waals surface area contributed by atoms with Gasteiger partial charge in [0.15, 0.2) is 0 Å². The molecule has 6 heteroatoms. The van der Waals surface area contributed by atoms with Crippen molar-refractivity contribution in [3.63, 3.8) is 0 Å². The van der Waals surface area contributed by atoms with E-state index in [0.29, 0.717) is 25.6 Å². The normalized spacial score (nSPS) is 31.1. The topological polar surface area (TPSA) is 78.9 Å². The standard InChI is InChI=1S/C18H32N2O4/c1-12-5-7-13(8-6-12)19-14-9-15(20(10-14)17(22)23)16(21)24-11-18(2,3)4/h12-15,19H,5-11H2,1-4H3,(H,22,23)/t12?,13?,14-,15-/m0/s1. The van der Waals surface area contributed by atoms with Crippen molar-refractivity contribution in [1.82, 2.24) is 10.2 Å². The Labute approximate surface area is 144 Å². The lowest BCUT2D eigenvalue weighted by molar-refractivity contribution is -0.151. The Bertz CT molecular complexity index is 452. The molecule has 0 radical (unpaired) electrons. The Morgan fingerprint density at radius 3 is 2.33 bits per heavy atom. The maximum atomic E-state index is 12.3. The summed E-state index contributed by atoms with van der Waals surface area (Å²) in [4.78, 5) is 25.1. The minimum atomic E-state index is -1.05. The highest BCUT2D eigenvalue weighted by molar-refractivity contribution is 5.81. The van der Waals surface area contributed by atoms with E-state index < -0.39 is 18.1 Å². The van der Waals surface area contributed by atoms with E-state index in [2.05, 4.69) is 12.2 Å². The van der Waals surface area contributed by atoms with Crippen molar-refractivity contribution >= 4 is 12.1 Å². The van der Waals surface area contributed by atoms with Crippen LogP contribution in [0.2, 0.25) is 0 Å². The van der Waals surface area contributed by atoms with Crippen LogP contribution in [0, 0.1) is 11.3 Å². The van der Waals surface area contributed by atoms with E-state index in [4.69, 9.17) is 4.74 Å². The van der Waals surface area contributed by atoms with Crippen molar-refractivity contribution in [2.24, 2.45) is 11.3 Å². The third-order valence-electron chi connectivity index (χ3n) is 4.95. The zero-order chi connectivity index (χ0) is 17.9. The number of nitrogens with zero attached hydrogens (tertiary/aromatic N) is 1. The van der Waals surface area contributed by atoms with Gasteiger partial charge in [-0.3, -0.25) is 4.90 Å². The van der Waals surface area contributed by atoms with Crippen LogP contribution in [0.1, 0.15) is 59.8 Å². The molecule has 1 saturated heterocycles. The molecule has 0 aromatic heterocycles. The Kier molecular flexibility index (Phi) is 6.12. The highest BCUT2D eigenvalue weighted by Crippen LogP contribution is 2.26. The van der Waals surface area contributed by atoms with Gasteiger partial charge in [0.05, 0.1) is 6.61 Å². The number of hydrogen-bond donors (Lipinski definition) is 2. The summed E-state index contributed by atoms with van der Waals surface area (Å²) < 4.78 is 5.35. The molecule has 0 bridgehead atoms. The van der Waals surface area contributed by atoms with Crippen molar-refractivity contribution in [3.05, 3.63) is 0 Å². The summed E-state index contributed by atoms with van der Waals surface area (Å²) in [6.45, 7) is 8.89. The van der Waals surface area contributed by atoms with Gasteiger partial charge in [-0.2, -0.15) is 0 Å². The lowest BCUT2D eigenvalue weighted by Gasteiger charge is -2.29. The number of nitrogens with one attached hydrogen (secondary N) is 1. The predicted molar refractivity (Wildman–Crippen MR) is 91.9 cm³/mol. The van der Waals surface area contributed by atoms with E-state index in [1.165, 1.54) is 17.7 Å². The molecule has 1 heterocycles. The second-order valence-electron chi connectivity index (χ2n) is 8.68. The summed E-state index contributed by atoms with van der Waals surface area (Å²) >= 11 is 0. The number of amides is 1. The van der Waals surface area contributed by atoms with Crippen LogP contribution in [0.4, 0.5) is 4.79 Å². The van der Waals surface area contributed by atoms with Crippen LogP contribution in [0.25, 0.3) is 0 Å². The van der Waals surface area contributed by atoms with Gasteiger partial charge in [-0.05, 0) is 43.4 Å². The van der Waals surface area contributed by atoms with E-state index in [-0.39, 0.29) is 11.5 Å². The lowest BCUT2D eigenvalue weighted by atomic mass is 9.87. The molecule has 1 aliphatic heterocycles. The fourth-order valence-electron chi connectivity index (χ4n) is 3.54. The minimum Gasteiger partial charge on any atom is -0.465 e. The van der Waals surface area contributed by atoms with Crippen molar-refractivity contribution < 1.29 is 19.4 Å². The van der Waals surface area contributed by atoms with E-state index >= 15 is 0 Å². The van der Waals surface area contributed by atoms with Gasteiger partial charge in [-0.15, -0.1) is 0 Å². The SMILES string of the molecule is CC1CCC(N[C@H]2C[C@@H](C(=O)OCC(C)(C)C)N(C(=O)O)C2)CC1. The molecule has 2 atom stereocenters. The highest BCUT2D eigenvalue weighted by Gasteiger charge is 2.41. The molecule has 2 fully saturated rings. The number of carbonyl (C=O) groups is 2. The van der Waals surface area contributed by atoms with Crippen LogP contribution >= 0.6 is 0 Å². The molecule has 2 rings (SSSR count). The summed E-state index contributed by atoms with van der Waals surface area (Å²) in [6.07, 6.45) is 4.14. The first-order chi connectivity index (χ1) is 11.2. The molecule has 1 aliphatic carbocycles. The van der Waals surface area contributed by atoms with Crippen molar-refractivity contribution in [3.8, 4) is 0 Å². The van der Waals surface area contributed by atoms with Crippen LogP contribution in [0.3, 0.4) is 0 Å². The number of carbonyl (C=O) groups excluding carboxylic acids is 1. The molecule has 0 unspecified atom stereocenters. The number of ether oxygens (including phenoxy) is 1. The molecule has 2 aliphatic rings. The Morgan fingerprint density at radius 1 is 1.17 bits per heavy atom. The minimum absolute atomic E-state index is 0.0340. The van der Waals surface area contributed by atoms with E-state index in [9.17, 15) is 14.7 Å². The van der Waals surface area contributed by atoms with E-state index in [1.807, 2.05) is 20.8 Å². The zero-order valence-corrected chi connectivity index (χ0v) is 15.4.